The Labute approximate surface area is 219 Å². The lowest BCUT2D eigenvalue weighted by atomic mass is 10.2. The molecule has 0 saturated carbocycles. The Balaban J connectivity index is 1.48. The van der Waals surface area contributed by atoms with Crippen molar-refractivity contribution < 1.29 is 23.8 Å². The number of nitrogens with one attached hydrogen (secondary N) is 1. The summed E-state index contributed by atoms with van der Waals surface area (Å²) < 4.78 is 16.7. The van der Waals surface area contributed by atoms with E-state index in [0.717, 1.165) is 0 Å². The zero-order valence-corrected chi connectivity index (χ0v) is 21.3. The smallest absolute Gasteiger partial charge is 0.338 e. The lowest BCUT2D eigenvalue weighted by Gasteiger charge is -2.14. The fourth-order valence-corrected chi connectivity index (χ4v) is 3.70. The molecule has 3 aromatic rings. The van der Waals surface area contributed by atoms with Crippen LogP contribution in [0.25, 0.3) is 0 Å². The van der Waals surface area contributed by atoms with Crippen LogP contribution in [0, 0.1) is 0 Å². The highest BCUT2D eigenvalue weighted by atomic mass is 35.5. The quantitative estimate of drug-likeness (QED) is 0.200. The zero-order valence-electron chi connectivity index (χ0n) is 19.0. The molecule has 0 aliphatic carbocycles. The average Bonchev–Trinajstić information content (AvgIpc) is 2.82. The molecule has 1 N–H and O–H groups in total. The van der Waals surface area contributed by atoms with Crippen LogP contribution < -0.4 is 14.8 Å². The normalized spacial score (nSPS) is 10.5. The molecule has 0 heterocycles. The first-order valence-electron chi connectivity index (χ1n) is 11.0. The Kier molecular flexibility index (Phi) is 10.1. The molecule has 0 radical (unpaired) electrons. The SMILES string of the molecule is CCOC(=O)c1cccc(NC(=O)CCCCOc2cc(Cl)ccc2Oc2ccc(Cl)cc2Cl)c1. The number of benzene rings is 3. The van der Waals surface area contributed by atoms with Gasteiger partial charge in [-0.3, -0.25) is 4.79 Å². The van der Waals surface area contributed by atoms with Gasteiger partial charge in [-0.25, -0.2) is 4.79 Å². The lowest BCUT2D eigenvalue weighted by Crippen LogP contribution is -2.12. The van der Waals surface area contributed by atoms with Crippen LogP contribution in [0.3, 0.4) is 0 Å². The second-order valence-electron chi connectivity index (χ2n) is 7.42. The van der Waals surface area contributed by atoms with Crippen molar-refractivity contribution in [3.05, 3.63) is 81.3 Å². The maximum atomic E-state index is 12.3. The highest BCUT2D eigenvalue weighted by Crippen LogP contribution is 2.37. The Morgan fingerprint density at radius 1 is 0.857 bits per heavy atom. The van der Waals surface area contributed by atoms with E-state index in [1.54, 1.807) is 67.6 Å². The minimum Gasteiger partial charge on any atom is -0.490 e. The molecule has 0 spiro atoms. The summed E-state index contributed by atoms with van der Waals surface area (Å²) in [6, 6.07) is 16.6. The molecular weight excluding hydrogens is 513 g/mol. The molecule has 184 valence electrons. The number of amides is 1. The van der Waals surface area contributed by atoms with E-state index in [4.69, 9.17) is 49.0 Å². The predicted molar refractivity (Wildman–Crippen MR) is 138 cm³/mol. The van der Waals surface area contributed by atoms with Crippen molar-refractivity contribution in [2.24, 2.45) is 0 Å². The van der Waals surface area contributed by atoms with E-state index in [1.165, 1.54) is 0 Å². The van der Waals surface area contributed by atoms with Gasteiger partial charge in [-0.15, -0.1) is 0 Å². The van der Waals surface area contributed by atoms with Gasteiger partial charge in [-0.1, -0.05) is 40.9 Å². The second-order valence-corrected chi connectivity index (χ2v) is 8.70. The Morgan fingerprint density at radius 2 is 1.60 bits per heavy atom. The number of carbonyl (C=O) groups excluding carboxylic acids is 2. The van der Waals surface area contributed by atoms with E-state index >= 15 is 0 Å². The third-order valence-corrected chi connectivity index (χ3v) is 5.50. The fraction of sp³-hybridized carbons (Fsp3) is 0.231. The van der Waals surface area contributed by atoms with Crippen LogP contribution in [0.5, 0.6) is 17.2 Å². The molecule has 3 rings (SSSR count). The number of halogens is 3. The van der Waals surface area contributed by atoms with Crippen molar-refractivity contribution in [3.63, 3.8) is 0 Å². The summed E-state index contributed by atoms with van der Waals surface area (Å²) in [6.45, 7) is 2.38. The first-order valence-corrected chi connectivity index (χ1v) is 12.1. The lowest BCUT2D eigenvalue weighted by molar-refractivity contribution is -0.116. The van der Waals surface area contributed by atoms with Crippen molar-refractivity contribution >= 4 is 52.4 Å². The fourth-order valence-electron chi connectivity index (χ4n) is 3.09. The number of rotatable bonds is 11. The first kappa shape index (κ1) is 26.7. The molecule has 0 saturated heterocycles. The molecule has 9 heteroatoms. The number of hydrogen-bond donors (Lipinski definition) is 1. The van der Waals surface area contributed by atoms with E-state index in [0.29, 0.717) is 69.4 Å². The molecule has 0 aromatic heterocycles. The summed E-state index contributed by atoms with van der Waals surface area (Å²) in [5, 5.41) is 4.17. The Hall–Kier alpha value is -2.93. The highest BCUT2D eigenvalue weighted by Gasteiger charge is 2.12. The van der Waals surface area contributed by atoms with Gasteiger partial charge in [0.05, 0.1) is 23.8 Å². The van der Waals surface area contributed by atoms with E-state index in [1.807, 2.05) is 0 Å². The van der Waals surface area contributed by atoms with Crippen molar-refractivity contribution in [2.45, 2.75) is 26.2 Å². The van der Waals surface area contributed by atoms with E-state index in [2.05, 4.69) is 5.32 Å². The molecule has 0 fully saturated rings. The zero-order chi connectivity index (χ0) is 25.2. The molecular formula is C26H24Cl3NO5. The van der Waals surface area contributed by atoms with Crippen molar-refractivity contribution in [3.8, 4) is 17.2 Å². The summed E-state index contributed by atoms with van der Waals surface area (Å²) in [5.41, 5.74) is 0.927. The molecule has 6 nitrogen and oxygen atoms in total. The van der Waals surface area contributed by atoms with Crippen LogP contribution >= 0.6 is 34.8 Å². The van der Waals surface area contributed by atoms with Gasteiger partial charge in [0.25, 0.3) is 0 Å². The summed E-state index contributed by atoms with van der Waals surface area (Å²) >= 11 is 18.3. The van der Waals surface area contributed by atoms with Crippen LogP contribution in [0.4, 0.5) is 5.69 Å². The van der Waals surface area contributed by atoms with Gasteiger partial charge in [0.2, 0.25) is 5.91 Å². The topological polar surface area (TPSA) is 73.9 Å². The van der Waals surface area contributed by atoms with Gasteiger partial charge in [0, 0.05) is 28.2 Å². The third-order valence-electron chi connectivity index (χ3n) is 4.73. The monoisotopic (exact) mass is 535 g/mol. The number of unbranched alkanes of at least 4 members (excludes halogenated alkanes) is 1. The molecule has 0 bridgehead atoms. The molecule has 0 aliphatic heterocycles. The maximum absolute atomic E-state index is 12.3. The number of anilines is 1. The van der Waals surface area contributed by atoms with Gasteiger partial charge < -0.3 is 19.5 Å². The van der Waals surface area contributed by atoms with Crippen LogP contribution in [0.1, 0.15) is 36.5 Å². The van der Waals surface area contributed by atoms with E-state index in [9.17, 15) is 9.59 Å². The van der Waals surface area contributed by atoms with Crippen molar-refractivity contribution in [1.82, 2.24) is 0 Å². The summed E-state index contributed by atoms with van der Waals surface area (Å²) in [7, 11) is 0. The van der Waals surface area contributed by atoms with Crippen molar-refractivity contribution in [2.75, 3.05) is 18.5 Å². The Morgan fingerprint density at radius 3 is 2.34 bits per heavy atom. The first-order chi connectivity index (χ1) is 16.9. The van der Waals surface area contributed by atoms with Crippen LogP contribution in [0.2, 0.25) is 15.1 Å². The average molecular weight is 537 g/mol. The molecule has 0 unspecified atom stereocenters. The van der Waals surface area contributed by atoms with Crippen LogP contribution in [0.15, 0.2) is 60.7 Å². The van der Waals surface area contributed by atoms with Crippen molar-refractivity contribution in [1.29, 1.82) is 0 Å². The number of carbonyl (C=O) groups is 2. The minimum absolute atomic E-state index is 0.157. The molecule has 3 aromatic carbocycles. The molecule has 1 amide bonds. The number of ether oxygens (including phenoxy) is 3. The predicted octanol–water partition coefficient (Wildman–Crippen LogP) is 7.80. The van der Waals surface area contributed by atoms with E-state index < -0.39 is 5.97 Å². The Bertz CT molecular complexity index is 1190. The second kappa shape index (κ2) is 13.2. The van der Waals surface area contributed by atoms with Gasteiger partial charge in [-0.05, 0) is 68.3 Å². The summed E-state index contributed by atoms with van der Waals surface area (Å²) in [6.07, 6.45) is 1.53. The summed E-state index contributed by atoms with van der Waals surface area (Å²) in [4.78, 5) is 24.1. The van der Waals surface area contributed by atoms with Crippen LogP contribution in [-0.2, 0) is 9.53 Å². The maximum Gasteiger partial charge on any atom is 0.338 e. The molecule has 0 atom stereocenters. The van der Waals surface area contributed by atoms with E-state index in [-0.39, 0.29) is 12.5 Å². The summed E-state index contributed by atoms with van der Waals surface area (Å²) in [5.74, 6) is 0.771. The number of esters is 1. The van der Waals surface area contributed by atoms with Gasteiger partial charge in [-0.2, -0.15) is 0 Å². The van der Waals surface area contributed by atoms with Crippen LogP contribution in [-0.4, -0.2) is 25.1 Å². The molecule has 0 aliphatic rings. The largest absolute Gasteiger partial charge is 0.490 e. The van der Waals surface area contributed by atoms with Gasteiger partial charge >= 0.3 is 5.97 Å². The highest BCUT2D eigenvalue weighted by molar-refractivity contribution is 6.35. The minimum atomic E-state index is -0.427. The van der Waals surface area contributed by atoms with Gasteiger partial charge in [0.15, 0.2) is 11.5 Å². The van der Waals surface area contributed by atoms with Gasteiger partial charge in [0.1, 0.15) is 5.75 Å². The standard InChI is InChI=1S/C26H24Cl3NO5/c1-2-33-26(32)17-6-5-7-20(14-17)30-25(31)8-3-4-13-34-24-16-19(28)10-12-23(24)35-22-11-9-18(27)15-21(22)29/h5-7,9-12,14-16H,2-4,8,13H2,1H3,(H,30,31). The third kappa shape index (κ3) is 8.35. The molecule has 35 heavy (non-hydrogen) atoms. The number of hydrogen-bond acceptors (Lipinski definition) is 5.